The summed E-state index contributed by atoms with van der Waals surface area (Å²) in [6.07, 6.45) is 1.90. The average molecular weight is 230 g/mol. The molecule has 1 saturated heterocycles. The Bertz CT molecular complexity index is 461. The predicted molar refractivity (Wildman–Crippen MR) is 68.3 cm³/mol. The van der Waals surface area contributed by atoms with Crippen molar-refractivity contribution in [1.82, 2.24) is 4.90 Å². The van der Waals surface area contributed by atoms with Gasteiger partial charge >= 0.3 is 0 Å². The first kappa shape index (κ1) is 10.8. The molecule has 0 bridgehead atoms. The van der Waals surface area contributed by atoms with Crippen molar-refractivity contribution < 1.29 is 4.79 Å². The van der Waals surface area contributed by atoms with Gasteiger partial charge in [0.2, 0.25) is 5.91 Å². The Morgan fingerprint density at radius 3 is 2.47 bits per heavy atom. The second-order valence-electron chi connectivity index (χ2n) is 5.27. The van der Waals surface area contributed by atoms with Crippen molar-refractivity contribution in [2.75, 3.05) is 32.1 Å². The molecule has 0 N–H and O–H groups in total. The third-order valence-corrected chi connectivity index (χ3v) is 4.34. The number of amides is 1. The highest BCUT2D eigenvalue weighted by Gasteiger charge is 2.50. The normalized spacial score (nSPS) is 23.2. The zero-order valence-corrected chi connectivity index (χ0v) is 10.4. The number of carbonyl (C=O) groups is 1. The minimum absolute atomic E-state index is 0.238. The van der Waals surface area contributed by atoms with E-state index in [1.807, 2.05) is 24.1 Å². The molecular weight excluding hydrogens is 212 g/mol. The van der Waals surface area contributed by atoms with Gasteiger partial charge in [-0.15, -0.1) is 0 Å². The third kappa shape index (κ3) is 1.35. The van der Waals surface area contributed by atoms with Crippen molar-refractivity contribution in [2.24, 2.45) is 0 Å². The summed E-state index contributed by atoms with van der Waals surface area (Å²) in [5, 5.41) is 0. The highest BCUT2D eigenvalue weighted by Crippen LogP contribution is 2.46. The number of benzene rings is 1. The Morgan fingerprint density at radius 1 is 1.12 bits per heavy atom. The predicted octanol–water partition coefficient (Wildman–Crippen LogP) is 1.63. The van der Waals surface area contributed by atoms with Gasteiger partial charge in [-0.05, 0) is 44.6 Å². The zero-order chi connectivity index (χ0) is 12.0. The number of hydrogen-bond donors (Lipinski definition) is 0. The largest absolute Gasteiger partial charge is 0.314 e. The molecular formula is C14H18N2O. The van der Waals surface area contributed by atoms with Crippen molar-refractivity contribution in [2.45, 2.75) is 18.3 Å². The van der Waals surface area contributed by atoms with Crippen molar-refractivity contribution in [3.05, 3.63) is 29.8 Å². The number of nitrogens with zero attached hydrogens (tertiary/aromatic N) is 2. The van der Waals surface area contributed by atoms with Gasteiger partial charge in [0.15, 0.2) is 0 Å². The van der Waals surface area contributed by atoms with E-state index in [2.05, 4.69) is 24.1 Å². The summed E-state index contributed by atoms with van der Waals surface area (Å²) in [6.45, 7) is 2.02. The standard InChI is InChI=1S/C14H18N2O/c1-15-9-7-14(8-10-15)11-5-3-4-6-12(11)16(2)13(14)17/h3-6H,7-10H2,1-2H3. The van der Waals surface area contributed by atoms with E-state index < -0.39 is 0 Å². The second-order valence-corrected chi connectivity index (χ2v) is 5.27. The first-order valence-electron chi connectivity index (χ1n) is 6.21. The number of fused-ring (bicyclic) bond motifs is 2. The smallest absolute Gasteiger partial charge is 0.237 e. The topological polar surface area (TPSA) is 23.6 Å². The Kier molecular flexibility index (Phi) is 2.26. The molecule has 0 saturated carbocycles. The van der Waals surface area contributed by atoms with Gasteiger partial charge in [0, 0.05) is 12.7 Å². The van der Waals surface area contributed by atoms with Crippen LogP contribution in [0.25, 0.3) is 0 Å². The quantitative estimate of drug-likeness (QED) is 0.676. The summed E-state index contributed by atoms with van der Waals surface area (Å²) >= 11 is 0. The molecule has 1 aromatic rings. The first-order valence-corrected chi connectivity index (χ1v) is 6.21. The molecule has 2 aliphatic heterocycles. The van der Waals surface area contributed by atoms with Crippen LogP contribution in [0, 0.1) is 0 Å². The van der Waals surface area contributed by atoms with E-state index in [0.717, 1.165) is 31.6 Å². The summed E-state index contributed by atoms with van der Waals surface area (Å²) in [5.41, 5.74) is 2.10. The highest BCUT2D eigenvalue weighted by molar-refractivity contribution is 6.07. The van der Waals surface area contributed by atoms with E-state index in [0.29, 0.717) is 0 Å². The summed E-state index contributed by atoms with van der Waals surface area (Å²) < 4.78 is 0. The molecule has 1 fully saturated rings. The maximum atomic E-state index is 12.6. The van der Waals surface area contributed by atoms with E-state index in [4.69, 9.17) is 0 Å². The van der Waals surface area contributed by atoms with Crippen molar-refractivity contribution in [3.63, 3.8) is 0 Å². The molecule has 3 heteroatoms. The SMILES string of the molecule is CN1CCC2(CC1)C(=O)N(C)c1ccccc12. The van der Waals surface area contributed by atoms with E-state index in [1.165, 1.54) is 5.56 Å². The fraction of sp³-hybridized carbons (Fsp3) is 0.500. The van der Waals surface area contributed by atoms with Gasteiger partial charge in [-0.2, -0.15) is 0 Å². The molecule has 2 aliphatic rings. The second kappa shape index (κ2) is 3.57. The van der Waals surface area contributed by atoms with E-state index in [-0.39, 0.29) is 11.3 Å². The Hall–Kier alpha value is -1.35. The van der Waals surface area contributed by atoms with Crippen LogP contribution in [0.15, 0.2) is 24.3 Å². The van der Waals surface area contributed by atoms with Crippen molar-refractivity contribution >= 4 is 11.6 Å². The molecule has 0 aliphatic carbocycles. The van der Waals surface area contributed by atoms with Crippen LogP contribution in [-0.2, 0) is 10.2 Å². The van der Waals surface area contributed by atoms with E-state index >= 15 is 0 Å². The summed E-state index contributed by atoms with van der Waals surface area (Å²) in [5.74, 6) is 0.284. The number of likely N-dealkylation sites (tertiary alicyclic amines) is 1. The fourth-order valence-corrected chi connectivity index (χ4v) is 3.20. The number of anilines is 1. The van der Waals surface area contributed by atoms with Gasteiger partial charge in [-0.25, -0.2) is 0 Å². The Labute approximate surface area is 102 Å². The number of carbonyl (C=O) groups excluding carboxylic acids is 1. The van der Waals surface area contributed by atoms with Crippen LogP contribution in [0.1, 0.15) is 18.4 Å². The molecule has 1 amide bonds. The number of hydrogen-bond acceptors (Lipinski definition) is 2. The van der Waals surface area contributed by atoms with Gasteiger partial charge in [0.25, 0.3) is 0 Å². The van der Waals surface area contributed by atoms with Crippen LogP contribution in [0.3, 0.4) is 0 Å². The van der Waals surface area contributed by atoms with Crippen LogP contribution < -0.4 is 4.90 Å². The van der Waals surface area contributed by atoms with Gasteiger partial charge in [0.05, 0.1) is 5.41 Å². The Morgan fingerprint density at radius 2 is 1.76 bits per heavy atom. The zero-order valence-electron chi connectivity index (χ0n) is 10.4. The molecule has 0 unspecified atom stereocenters. The molecule has 3 rings (SSSR count). The lowest BCUT2D eigenvalue weighted by Crippen LogP contribution is -2.46. The minimum Gasteiger partial charge on any atom is -0.314 e. The molecule has 90 valence electrons. The van der Waals surface area contributed by atoms with Crippen LogP contribution in [0.2, 0.25) is 0 Å². The van der Waals surface area contributed by atoms with E-state index in [9.17, 15) is 4.79 Å². The van der Waals surface area contributed by atoms with Gasteiger partial charge in [-0.3, -0.25) is 4.79 Å². The third-order valence-electron chi connectivity index (χ3n) is 4.34. The van der Waals surface area contributed by atoms with Gasteiger partial charge < -0.3 is 9.80 Å². The monoisotopic (exact) mass is 230 g/mol. The molecule has 0 atom stereocenters. The molecule has 1 aromatic carbocycles. The summed E-state index contributed by atoms with van der Waals surface area (Å²) in [7, 11) is 4.02. The van der Waals surface area contributed by atoms with Crippen molar-refractivity contribution in [3.8, 4) is 0 Å². The van der Waals surface area contributed by atoms with Crippen LogP contribution in [0.4, 0.5) is 5.69 Å². The molecule has 1 spiro atoms. The van der Waals surface area contributed by atoms with Crippen molar-refractivity contribution in [1.29, 1.82) is 0 Å². The van der Waals surface area contributed by atoms with Crippen LogP contribution >= 0.6 is 0 Å². The minimum atomic E-state index is -0.238. The average Bonchev–Trinajstić information content (AvgIpc) is 2.57. The van der Waals surface area contributed by atoms with Gasteiger partial charge in [-0.1, -0.05) is 18.2 Å². The molecule has 0 aromatic heterocycles. The molecule has 3 nitrogen and oxygen atoms in total. The number of para-hydroxylation sites is 1. The number of rotatable bonds is 0. The summed E-state index contributed by atoms with van der Waals surface area (Å²) in [4.78, 5) is 16.7. The maximum Gasteiger partial charge on any atom is 0.237 e. The number of piperidine rings is 1. The first-order chi connectivity index (χ1) is 8.15. The lowest BCUT2D eigenvalue weighted by molar-refractivity contribution is -0.124. The lowest BCUT2D eigenvalue weighted by atomic mass is 9.74. The van der Waals surface area contributed by atoms with Gasteiger partial charge in [0.1, 0.15) is 0 Å². The number of likely N-dealkylation sites (N-methyl/N-ethyl adjacent to an activating group) is 1. The lowest BCUT2D eigenvalue weighted by Gasteiger charge is -2.36. The fourth-order valence-electron chi connectivity index (χ4n) is 3.20. The maximum absolute atomic E-state index is 12.6. The molecule has 17 heavy (non-hydrogen) atoms. The Balaban J connectivity index is 2.09. The van der Waals surface area contributed by atoms with E-state index in [1.54, 1.807) is 0 Å². The van der Waals surface area contributed by atoms with Crippen LogP contribution in [0.5, 0.6) is 0 Å². The van der Waals surface area contributed by atoms with Crippen LogP contribution in [-0.4, -0.2) is 38.0 Å². The molecule has 0 radical (unpaired) electrons. The highest BCUT2D eigenvalue weighted by atomic mass is 16.2. The molecule has 2 heterocycles. The summed E-state index contributed by atoms with van der Waals surface area (Å²) in [6, 6.07) is 8.24.